The third-order valence-corrected chi connectivity index (χ3v) is 5.52. The highest BCUT2D eigenvalue weighted by molar-refractivity contribution is 5.06. The van der Waals surface area contributed by atoms with Gasteiger partial charge >= 0.3 is 0 Å². The Labute approximate surface area is 113 Å². The van der Waals surface area contributed by atoms with Gasteiger partial charge in [-0.3, -0.25) is 0 Å². The maximum absolute atomic E-state index is 3.73. The minimum Gasteiger partial charge on any atom is -0.314 e. The molecule has 2 nitrogen and oxygen atoms in total. The van der Waals surface area contributed by atoms with E-state index in [2.05, 4.69) is 24.1 Å². The van der Waals surface area contributed by atoms with E-state index in [9.17, 15) is 0 Å². The fraction of sp³-hybridized carbons (Fsp3) is 1.00. The number of nitrogens with zero attached hydrogens (tertiary/aromatic N) is 1. The summed E-state index contributed by atoms with van der Waals surface area (Å²) < 4.78 is 0. The van der Waals surface area contributed by atoms with Crippen LogP contribution in [0.3, 0.4) is 0 Å². The Hall–Kier alpha value is -0.0800. The molecule has 2 saturated carbocycles. The molecule has 104 valence electrons. The van der Waals surface area contributed by atoms with Crippen molar-refractivity contribution in [1.29, 1.82) is 0 Å². The van der Waals surface area contributed by atoms with E-state index in [1.165, 1.54) is 64.7 Å². The van der Waals surface area contributed by atoms with E-state index in [1.54, 1.807) is 0 Å². The molecule has 0 aromatic carbocycles. The lowest BCUT2D eigenvalue weighted by Crippen LogP contribution is -2.49. The van der Waals surface area contributed by atoms with Crippen LogP contribution < -0.4 is 5.32 Å². The maximum Gasteiger partial charge on any atom is 0.0117 e. The molecule has 18 heavy (non-hydrogen) atoms. The summed E-state index contributed by atoms with van der Waals surface area (Å²) in [4.78, 5) is 2.78. The Morgan fingerprint density at radius 2 is 2.00 bits per heavy atom. The van der Waals surface area contributed by atoms with Crippen molar-refractivity contribution in [3.05, 3.63) is 0 Å². The molecule has 3 fully saturated rings. The van der Waals surface area contributed by atoms with Crippen molar-refractivity contribution in [2.45, 2.75) is 58.4 Å². The summed E-state index contributed by atoms with van der Waals surface area (Å²) in [5.74, 6) is 1.95. The second kappa shape index (κ2) is 5.13. The minimum absolute atomic E-state index is 0.775. The average Bonchev–Trinajstić information content (AvgIpc) is 3.21. The van der Waals surface area contributed by atoms with Crippen LogP contribution in [-0.2, 0) is 0 Å². The molecule has 0 aromatic heterocycles. The standard InChI is InChI=1S/C16H30N2/c1-3-9-17-15-6-10-18(11-13(15)2)12-16(7-8-16)14-4-5-14/h13-15,17H,3-12H2,1-2H3. The summed E-state index contributed by atoms with van der Waals surface area (Å²) >= 11 is 0. The van der Waals surface area contributed by atoms with Crippen molar-refractivity contribution < 1.29 is 0 Å². The molecule has 1 saturated heterocycles. The first-order valence-corrected chi connectivity index (χ1v) is 8.19. The molecule has 0 amide bonds. The van der Waals surface area contributed by atoms with Crippen molar-refractivity contribution in [3.63, 3.8) is 0 Å². The average molecular weight is 250 g/mol. The zero-order valence-corrected chi connectivity index (χ0v) is 12.3. The van der Waals surface area contributed by atoms with E-state index in [0.29, 0.717) is 0 Å². The van der Waals surface area contributed by atoms with Gasteiger partial charge in [-0.25, -0.2) is 0 Å². The van der Waals surface area contributed by atoms with Crippen LogP contribution in [0.2, 0.25) is 0 Å². The summed E-state index contributed by atoms with van der Waals surface area (Å²) in [6, 6.07) is 0.775. The predicted molar refractivity (Wildman–Crippen MR) is 76.7 cm³/mol. The predicted octanol–water partition coefficient (Wildman–Crippen LogP) is 2.89. The third-order valence-electron chi connectivity index (χ3n) is 5.52. The lowest BCUT2D eigenvalue weighted by molar-refractivity contribution is 0.117. The Balaban J connectivity index is 1.46. The molecule has 3 aliphatic rings. The van der Waals surface area contributed by atoms with Crippen LogP contribution in [0.25, 0.3) is 0 Å². The van der Waals surface area contributed by atoms with Gasteiger partial charge in [-0.2, -0.15) is 0 Å². The van der Waals surface area contributed by atoms with Gasteiger partial charge in [0.05, 0.1) is 0 Å². The molecule has 0 radical (unpaired) electrons. The van der Waals surface area contributed by atoms with Gasteiger partial charge in [-0.15, -0.1) is 0 Å². The van der Waals surface area contributed by atoms with Crippen LogP contribution in [0.1, 0.15) is 52.4 Å². The second-order valence-electron chi connectivity index (χ2n) is 7.20. The van der Waals surface area contributed by atoms with E-state index in [1.807, 2.05) is 0 Å². The Bertz CT molecular complexity index is 281. The van der Waals surface area contributed by atoms with Gasteiger partial charge in [0.15, 0.2) is 0 Å². The van der Waals surface area contributed by atoms with Gasteiger partial charge in [-0.05, 0) is 68.9 Å². The quantitative estimate of drug-likeness (QED) is 0.780. The van der Waals surface area contributed by atoms with Crippen molar-refractivity contribution in [1.82, 2.24) is 10.2 Å². The van der Waals surface area contributed by atoms with E-state index < -0.39 is 0 Å². The highest BCUT2D eigenvalue weighted by Crippen LogP contribution is 2.61. The Kier molecular flexibility index (Phi) is 3.68. The normalized spacial score (nSPS) is 35.7. The van der Waals surface area contributed by atoms with E-state index in [-0.39, 0.29) is 0 Å². The van der Waals surface area contributed by atoms with Gasteiger partial charge in [-0.1, -0.05) is 13.8 Å². The summed E-state index contributed by atoms with van der Waals surface area (Å²) in [5, 5.41) is 3.73. The minimum atomic E-state index is 0.775. The van der Waals surface area contributed by atoms with Crippen LogP contribution in [-0.4, -0.2) is 37.1 Å². The Morgan fingerprint density at radius 1 is 1.22 bits per heavy atom. The number of hydrogen-bond acceptors (Lipinski definition) is 2. The summed E-state index contributed by atoms with van der Waals surface area (Å²) in [7, 11) is 0. The molecule has 0 spiro atoms. The van der Waals surface area contributed by atoms with Crippen LogP contribution in [0.4, 0.5) is 0 Å². The van der Waals surface area contributed by atoms with Crippen LogP contribution in [0.15, 0.2) is 0 Å². The molecular weight excluding hydrogens is 220 g/mol. The fourth-order valence-electron chi connectivity index (χ4n) is 4.01. The largest absolute Gasteiger partial charge is 0.314 e. The Morgan fingerprint density at radius 3 is 2.56 bits per heavy atom. The van der Waals surface area contributed by atoms with Crippen molar-refractivity contribution >= 4 is 0 Å². The molecule has 2 unspecified atom stereocenters. The number of hydrogen-bond donors (Lipinski definition) is 1. The van der Waals surface area contributed by atoms with Gasteiger partial charge in [0, 0.05) is 19.1 Å². The summed E-state index contributed by atoms with van der Waals surface area (Å²) in [6.07, 6.45) is 8.74. The van der Waals surface area contributed by atoms with Gasteiger partial charge in [0.2, 0.25) is 0 Å². The number of piperidine rings is 1. The first-order chi connectivity index (χ1) is 8.73. The highest BCUT2D eigenvalue weighted by atomic mass is 15.2. The van der Waals surface area contributed by atoms with E-state index >= 15 is 0 Å². The first-order valence-electron chi connectivity index (χ1n) is 8.19. The lowest BCUT2D eigenvalue weighted by Gasteiger charge is -2.39. The molecule has 1 aliphatic heterocycles. The van der Waals surface area contributed by atoms with Crippen molar-refractivity contribution in [3.8, 4) is 0 Å². The van der Waals surface area contributed by atoms with Gasteiger partial charge < -0.3 is 10.2 Å². The molecule has 2 aliphatic carbocycles. The topological polar surface area (TPSA) is 15.3 Å². The zero-order chi connectivity index (χ0) is 12.6. The number of rotatable bonds is 6. The number of nitrogens with one attached hydrogen (secondary N) is 1. The van der Waals surface area contributed by atoms with Crippen molar-refractivity contribution in [2.24, 2.45) is 17.3 Å². The molecule has 0 bridgehead atoms. The van der Waals surface area contributed by atoms with E-state index in [0.717, 1.165) is 23.3 Å². The second-order valence-corrected chi connectivity index (χ2v) is 7.20. The molecular formula is C16H30N2. The molecule has 1 N–H and O–H groups in total. The highest BCUT2D eigenvalue weighted by Gasteiger charge is 2.54. The van der Waals surface area contributed by atoms with Crippen LogP contribution in [0, 0.1) is 17.3 Å². The van der Waals surface area contributed by atoms with Crippen molar-refractivity contribution in [2.75, 3.05) is 26.2 Å². The summed E-state index contributed by atoms with van der Waals surface area (Å²) in [5.41, 5.74) is 0.795. The fourth-order valence-corrected chi connectivity index (χ4v) is 4.01. The molecule has 1 heterocycles. The third kappa shape index (κ3) is 2.75. The molecule has 2 heteroatoms. The van der Waals surface area contributed by atoms with Crippen LogP contribution in [0.5, 0.6) is 0 Å². The number of likely N-dealkylation sites (tertiary alicyclic amines) is 1. The van der Waals surface area contributed by atoms with Gasteiger partial charge in [0.25, 0.3) is 0 Å². The monoisotopic (exact) mass is 250 g/mol. The molecule has 2 atom stereocenters. The molecule has 0 aromatic rings. The van der Waals surface area contributed by atoms with Gasteiger partial charge in [0.1, 0.15) is 0 Å². The summed E-state index contributed by atoms with van der Waals surface area (Å²) in [6.45, 7) is 9.98. The zero-order valence-electron chi connectivity index (χ0n) is 12.3. The molecule has 3 rings (SSSR count). The van der Waals surface area contributed by atoms with Crippen LogP contribution >= 0.6 is 0 Å². The smallest absolute Gasteiger partial charge is 0.0117 e. The maximum atomic E-state index is 3.73. The first kappa shape index (κ1) is 12.9. The SMILES string of the molecule is CCCNC1CCN(CC2(C3CC3)CC2)CC1C. The lowest BCUT2D eigenvalue weighted by atomic mass is 9.91. The van der Waals surface area contributed by atoms with E-state index in [4.69, 9.17) is 0 Å².